The van der Waals surface area contributed by atoms with Gasteiger partial charge in [-0.2, -0.15) is 5.10 Å². The van der Waals surface area contributed by atoms with Crippen LogP contribution >= 0.6 is 11.3 Å². The maximum atomic E-state index is 12.9. The molecule has 4 aromatic rings. The van der Waals surface area contributed by atoms with E-state index in [-0.39, 0.29) is 11.8 Å². The molecule has 5 rings (SSSR count). The van der Waals surface area contributed by atoms with Crippen molar-refractivity contribution in [2.24, 2.45) is 5.92 Å². The Balaban J connectivity index is 1.30. The average Bonchev–Trinajstić information content (AvgIpc) is 3.43. The second-order valence-corrected chi connectivity index (χ2v) is 8.37. The molecule has 0 spiro atoms. The maximum Gasteiger partial charge on any atom is 0.231 e. The first kappa shape index (κ1) is 18.6. The number of nitrogens with one attached hydrogen (secondary N) is 1. The van der Waals surface area contributed by atoms with E-state index in [1.165, 1.54) is 29.6 Å². The van der Waals surface area contributed by atoms with E-state index in [0.29, 0.717) is 17.5 Å². The molecule has 3 aromatic heterocycles. The number of benzene rings is 1. The quantitative estimate of drug-likeness (QED) is 0.542. The van der Waals surface area contributed by atoms with Crippen molar-refractivity contribution in [1.29, 1.82) is 0 Å². The summed E-state index contributed by atoms with van der Waals surface area (Å²) in [5.41, 5.74) is 2.09. The highest BCUT2D eigenvalue weighted by Crippen LogP contribution is 2.28. The molecule has 1 aromatic carbocycles. The van der Waals surface area contributed by atoms with Crippen LogP contribution in [-0.4, -0.2) is 48.7 Å². The third-order valence-corrected chi connectivity index (χ3v) is 6.12. The first-order chi connectivity index (χ1) is 14.7. The number of aromatic nitrogens is 6. The lowest BCUT2D eigenvalue weighted by Gasteiger charge is -2.32. The Hall–Kier alpha value is -3.40. The van der Waals surface area contributed by atoms with Crippen LogP contribution in [0.25, 0.3) is 16.0 Å². The van der Waals surface area contributed by atoms with Crippen LogP contribution in [0, 0.1) is 12.8 Å². The number of carbonyl (C=O) groups is 1. The fourth-order valence-electron chi connectivity index (χ4n) is 3.65. The van der Waals surface area contributed by atoms with Crippen LogP contribution in [-0.2, 0) is 4.79 Å². The highest BCUT2D eigenvalue weighted by molar-refractivity contribution is 7.22. The lowest BCUT2D eigenvalue weighted by atomic mass is 9.97. The Morgan fingerprint density at radius 2 is 2.10 bits per heavy atom. The van der Waals surface area contributed by atoms with Gasteiger partial charge in [-0.3, -0.25) is 4.79 Å². The predicted octanol–water partition coefficient (Wildman–Crippen LogP) is 2.83. The van der Waals surface area contributed by atoms with Gasteiger partial charge in [0, 0.05) is 19.2 Å². The Kier molecular flexibility index (Phi) is 4.83. The molecule has 1 saturated heterocycles. The number of thiazole rings is 1. The minimum Gasteiger partial charge on any atom is -0.356 e. The van der Waals surface area contributed by atoms with Crippen molar-refractivity contribution in [3.8, 4) is 5.82 Å². The van der Waals surface area contributed by atoms with Crippen LogP contribution in [0.3, 0.4) is 0 Å². The molecular weight excluding hydrogens is 400 g/mol. The van der Waals surface area contributed by atoms with E-state index in [2.05, 4.69) is 48.2 Å². The monoisotopic (exact) mass is 420 g/mol. The molecule has 152 valence electrons. The zero-order chi connectivity index (χ0) is 20.5. The third-order valence-electron chi connectivity index (χ3n) is 5.18. The molecule has 0 bridgehead atoms. The molecule has 30 heavy (non-hydrogen) atoms. The molecule has 1 amide bonds. The van der Waals surface area contributed by atoms with E-state index in [1.54, 1.807) is 11.0 Å². The van der Waals surface area contributed by atoms with Crippen molar-refractivity contribution >= 4 is 38.4 Å². The molecule has 1 atom stereocenters. The maximum absolute atomic E-state index is 12.9. The summed E-state index contributed by atoms with van der Waals surface area (Å²) in [4.78, 5) is 32.2. The average molecular weight is 421 g/mol. The van der Waals surface area contributed by atoms with Crippen LogP contribution < -0.4 is 10.2 Å². The standard InChI is InChI=1S/C20H20N8OS/c1-13-4-5-15-16(7-13)30-20(25-15)26-19(29)14-3-2-6-27(9-14)17-8-18(23-11-22-17)28-12-21-10-24-28/h4-5,7-8,10-12,14H,2-3,6,9H2,1H3,(H,25,26,29). The lowest BCUT2D eigenvalue weighted by Crippen LogP contribution is -2.41. The summed E-state index contributed by atoms with van der Waals surface area (Å²) < 4.78 is 2.67. The zero-order valence-electron chi connectivity index (χ0n) is 16.4. The molecule has 9 nitrogen and oxygen atoms in total. The molecule has 4 heterocycles. The van der Waals surface area contributed by atoms with Gasteiger partial charge in [-0.25, -0.2) is 24.6 Å². The number of piperidine rings is 1. The van der Waals surface area contributed by atoms with Gasteiger partial charge in [-0.1, -0.05) is 17.4 Å². The van der Waals surface area contributed by atoms with Gasteiger partial charge < -0.3 is 10.2 Å². The highest BCUT2D eigenvalue weighted by Gasteiger charge is 2.27. The van der Waals surface area contributed by atoms with E-state index in [0.717, 1.165) is 35.4 Å². The van der Waals surface area contributed by atoms with Gasteiger partial charge >= 0.3 is 0 Å². The molecule has 1 aliphatic rings. The first-order valence-electron chi connectivity index (χ1n) is 9.76. The Morgan fingerprint density at radius 1 is 1.20 bits per heavy atom. The molecule has 10 heteroatoms. The minimum absolute atomic E-state index is 0.000957. The van der Waals surface area contributed by atoms with Crippen molar-refractivity contribution in [3.63, 3.8) is 0 Å². The third kappa shape index (κ3) is 3.73. The Bertz CT molecular complexity index is 1190. The van der Waals surface area contributed by atoms with E-state index in [9.17, 15) is 4.79 Å². The second-order valence-electron chi connectivity index (χ2n) is 7.34. The fraction of sp³-hybridized carbons (Fsp3) is 0.300. The van der Waals surface area contributed by atoms with E-state index in [1.807, 2.05) is 18.2 Å². The number of hydrogen-bond donors (Lipinski definition) is 1. The van der Waals surface area contributed by atoms with Gasteiger partial charge in [-0.05, 0) is 37.5 Å². The molecule has 1 N–H and O–H groups in total. The van der Waals surface area contributed by atoms with Crippen LogP contribution in [0.2, 0.25) is 0 Å². The van der Waals surface area contributed by atoms with E-state index in [4.69, 9.17) is 0 Å². The fourth-order valence-corrected chi connectivity index (χ4v) is 4.62. The van der Waals surface area contributed by atoms with Crippen LogP contribution in [0.5, 0.6) is 0 Å². The van der Waals surface area contributed by atoms with E-state index >= 15 is 0 Å². The normalized spacial score (nSPS) is 16.7. The van der Waals surface area contributed by atoms with Crippen molar-refractivity contribution in [1.82, 2.24) is 29.7 Å². The van der Waals surface area contributed by atoms with Crippen LogP contribution in [0.4, 0.5) is 10.9 Å². The number of aryl methyl sites for hydroxylation is 1. The highest BCUT2D eigenvalue weighted by atomic mass is 32.1. The first-order valence-corrected chi connectivity index (χ1v) is 10.6. The molecular formula is C20H20N8OS. The summed E-state index contributed by atoms with van der Waals surface area (Å²) in [6.45, 7) is 3.50. The zero-order valence-corrected chi connectivity index (χ0v) is 17.2. The summed E-state index contributed by atoms with van der Waals surface area (Å²) in [5.74, 6) is 1.30. The second kappa shape index (κ2) is 7.79. The summed E-state index contributed by atoms with van der Waals surface area (Å²) in [6, 6.07) is 7.97. The Labute approximate surface area is 176 Å². The van der Waals surface area contributed by atoms with Crippen molar-refractivity contribution < 1.29 is 4.79 Å². The smallest absolute Gasteiger partial charge is 0.231 e. The Morgan fingerprint density at radius 3 is 2.97 bits per heavy atom. The SMILES string of the molecule is Cc1ccc2nc(NC(=O)C3CCCN(c4cc(-n5cncn5)ncn4)C3)sc2c1. The van der Waals surface area contributed by atoms with Crippen LogP contribution in [0.1, 0.15) is 18.4 Å². The van der Waals surface area contributed by atoms with Crippen molar-refractivity contribution in [2.45, 2.75) is 19.8 Å². The molecule has 1 aliphatic heterocycles. The number of rotatable bonds is 4. The molecule has 0 aliphatic carbocycles. The number of amides is 1. The van der Waals surface area contributed by atoms with Gasteiger partial charge in [0.2, 0.25) is 5.91 Å². The topological polar surface area (TPSA) is 102 Å². The van der Waals surface area contributed by atoms with Gasteiger partial charge in [0.05, 0.1) is 16.1 Å². The minimum atomic E-state index is -0.128. The molecule has 0 saturated carbocycles. The molecule has 1 fully saturated rings. The summed E-state index contributed by atoms with van der Waals surface area (Å²) in [7, 11) is 0. The summed E-state index contributed by atoms with van der Waals surface area (Å²) >= 11 is 1.51. The lowest BCUT2D eigenvalue weighted by molar-refractivity contribution is -0.120. The number of anilines is 2. The largest absolute Gasteiger partial charge is 0.356 e. The summed E-state index contributed by atoms with van der Waals surface area (Å²) in [5, 5.41) is 7.77. The van der Waals surface area contributed by atoms with Gasteiger partial charge in [0.1, 0.15) is 24.8 Å². The van der Waals surface area contributed by atoms with Gasteiger partial charge in [-0.15, -0.1) is 0 Å². The molecule has 1 unspecified atom stereocenters. The molecule has 0 radical (unpaired) electrons. The van der Waals surface area contributed by atoms with Gasteiger partial charge in [0.25, 0.3) is 0 Å². The van der Waals surface area contributed by atoms with Crippen molar-refractivity contribution in [2.75, 3.05) is 23.3 Å². The number of nitrogens with zero attached hydrogens (tertiary/aromatic N) is 7. The van der Waals surface area contributed by atoms with Gasteiger partial charge in [0.15, 0.2) is 10.9 Å². The van der Waals surface area contributed by atoms with Crippen molar-refractivity contribution in [3.05, 3.63) is 48.8 Å². The van der Waals surface area contributed by atoms with E-state index < -0.39 is 0 Å². The van der Waals surface area contributed by atoms with Crippen LogP contribution in [0.15, 0.2) is 43.2 Å². The number of fused-ring (bicyclic) bond motifs is 1. The number of hydrogen-bond acceptors (Lipinski definition) is 8. The number of carbonyl (C=O) groups excluding carboxylic acids is 1. The summed E-state index contributed by atoms with van der Waals surface area (Å²) in [6.07, 6.45) is 6.33. The predicted molar refractivity (Wildman–Crippen MR) is 115 cm³/mol.